The number of methoxy groups -OCH3 is 1. The molecule has 0 aromatic carbocycles. The zero-order chi connectivity index (χ0) is 14.3. The van der Waals surface area contributed by atoms with Gasteiger partial charge in [0.05, 0.1) is 18.6 Å². The summed E-state index contributed by atoms with van der Waals surface area (Å²) >= 11 is 0. The first-order chi connectivity index (χ1) is 9.67. The lowest BCUT2D eigenvalue weighted by Crippen LogP contribution is -2.35. The van der Waals surface area contributed by atoms with Crippen molar-refractivity contribution >= 4 is 16.9 Å². The van der Waals surface area contributed by atoms with E-state index in [2.05, 4.69) is 9.97 Å². The maximum Gasteiger partial charge on any atom is 0.165 e. The monoisotopic (exact) mass is 280 g/mol. The largest absolute Gasteiger partial charge is 0.397 e. The van der Waals surface area contributed by atoms with Crippen LogP contribution in [0.2, 0.25) is 0 Å². The molecule has 4 atom stereocenters. The lowest BCUT2D eigenvalue weighted by atomic mass is 10.1. The normalized spacial score (nSPS) is 30.1. The van der Waals surface area contributed by atoms with E-state index >= 15 is 0 Å². The number of hydrogen-bond donors (Lipinski definition) is 3. The van der Waals surface area contributed by atoms with Gasteiger partial charge in [0.25, 0.3) is 0 Å². The number of nitrogen functional groups attached to an aromatic ring is 1. The van der Waals surface area contributed by atoms with Gasteiger partial charge in [-0.05, 0) is 6.07 Å². The van der Waals surface area contributed by atoms with Gasteiger partial charge in [-0.1, -0.05) is 0 Å². The molecule has 0 radical (unpaired) electrons. The van der Waals surface area contributed by atoms with E-state index in [0.717, 1.165) is 0 Å². The summed E-state index contributed by atoms with van der Waals surface area (Å²) in [4.78, 5) is 8.39. The number of pyridine rings is 1. The first-order valence-corrected chi connectivity index (χ1v) is 6.21. The molecule has 4 N–H and O–H groups in total. The summed E-state index contributed by atoms with van der Waals surface area (Å²) in [5.41, 5.74) is 7.39. The number of aliphatic hydroxyl groups is 2. The van der Waals surface area contributed by atoms with Gasteiger partial charge in [0, 0.05) is 13.3 Å². The highest BCUT2D eigenvalue weighted by atomic mass is 16.6. The van der Waals surface area contributed by atoms with Gasteiger partial charge in [0.15, 0.2) is 11.9 Å². The zero-order valence-electron chi connectivity index (χ0n) is 10.9. The lowest BCUT2D eigenvalue weighted by Gasteiger charge is -2.17. The molecule has 0 saturated carbocycles. The van der Waals surface area contributed by atoms with Crippen LogP contribution in [0, 0.1) is 0 Å². The third kappa shape index (κ3) is 1.85. The van der Waals surface area contributed by atoms with Crippen molar-refractivity contribution in [1.82, 2.24) is 14.5 Å². The summed E-state index contributed by atoms with van der Waals surface area (Å²) in [6.45, 7) is -0.242. The standard InChI is InChI=1S/C12H16N4O4/c1-19-10-7(4-17)20-12(9(10)18)16-5-15-8-6(13)2-3-14-11(8)16/h2-3,5,7,9-10,12,17-18H,4H2,1H3,(H2,13,14)/t7-,9-,10-,12-/m1/s1. The second-order valence-electron chi connectivity index (χ2n) is 4.66. The smallest absolute Gasteiger partial charge is 0.165 e. The Morgan fingerprint density at radius 2 is 2.30 bits per heavy atom. The van der Waals surface area contributed by atoms with Gasteiger partial charge in [-0.3, -0.25) is 4.57 Å². The molecular formula is C12H16N4O4. The summed E-state index contributed by atoms with van der Waals surface area (Å²) in [5.74, 6) is 0. The lowest BCUT2D eigenvalue weighted by molar-refractivity contribution is -0.0535. The predicted molar refractivity (Wildman–Crippen MR) is 69.7 cm³/mol. The van der Waals surface area contributed by atoms with E-state index in [1.807, 2.05) is 0 Å². The first-order valence-electron chi connectivity index (χ1n) is 6.21. The number of imidazole rings is 1. The number of nitrogens with zero attached hydrogens (tertiary/aromatic N) is 3. The van der Waals surface area contributed by atoms with E-state index in [-0.39, 0.29) is 6.61 Å². The minimum absolute atomic E-state index is 0.242. The van der Waals surface area contributed by atoms with E-state index in [1.54, 1.807) is 16.8 Å². The Morgan fingerprint density at radius 1 is 1.50 bits per heavy atom. The molecule has 0 spiro atoms. The summed E-state index contributed by atoms with van der Waals surface area (Å²) < 4.78 is 12.4. The van der Waals surface area contributed by atoms with Crippen molar-refractivity contribution in [3.05, 3.63) is 18.6 Å². The van der Waals surface area contributed by atoms with Crippen LogP contribution in [0.3, 0.4) is 0 Å². The summed E-state index contributed by atoms with van der Waals surface area (Å²) in [7, 11) is 1.46. The topological polar surface area (TPSA) is 116 Å². The van der Waals surface area contributed by atoms with Crippen molar-refractivity contribution in [3.8, 4) is 0 Å². The molecule has 3 heterocycles. The Hall–Kier alpha value is -1.74. The number of hydrogen-bond acceptors (Lipinski definition) is 7. The fraction of sp³-hybridized carbons (Fsp3) is 0.500. The summed E-state index contributed by atoms with van der Waals surface area (Å²) in [6.07, 6.45) is 0.208. The molecule has 1 aliphatic heterocycles. The molecule has 0 bridgehead atoms. The van der Waals surface area contributed by atoms with E-state index in [4.69, 9.17) is 15.2 Å². The SMILES string of the molecule is CO[C@H]1[C@@H](O)[C@H](n2cnc3c(N)ccnc32)O[C@@H]1CO. The minimum atomic E-state index is -0.933. The van der Waals surface area contributed by atoms with Gasteiger partial charge in [-0.2, -0.15) is 0 Å². The summed E-state index contributed by atoms with van der Waals surface area (Å²) in [5, 5.41) is 19.6. The third-order valence-electron chi connectivity index (χ3n) is 3.53. The molecule has 1 fully saturated rings. The van der Waals surface area contributed by atoms with Crippen LogP contribution in [0.15, 0.2) is 18.6 Å². The Kier molecular flexibility index (Phi) is 3.30. The number of ether oxygens (including phenoxy) is 2. The highest BCUT2D eigenvalue weighted by Gasteiger charge is 2.45. The maximum atomic E-state index is 10.3. The number of aliphatic hydroxyl groups excluding tert-OH is 2. The first kappa shape index (κ1) is 13.3. The predicted octanol–water partition coefficient (Wildman–Crippen LogP) is -0.721. The van der Waals surface area contributed by atoms with Gasteiger partial charge in [-0.15, -0.1) is 0 Å². The van der Waals surface area contributed by atoms with Crippen LogP contribution < -0.4 is 5.73 Å². The Bertz CT molecular complexity index is 617. The van der Waals surface area contributed by atoms with Gasteiger partial charge in [0.1, 0.15) is 23.8 Å². The van der Waals surface area contributed by atoms with Gasteiger partial charge >= 0.3 is 0 Å². The average molecular weight is 280 g/mol. The Labute approximate surface area is 114 Å². The van der Waals surface area contributed by atoms with Crippen LogP contribution in [0.1, 0.15) is 6.23 Å². The van der Waals surface area contributed by atoms with Crippen molar-refractivity contribution in [3.63, 3.8) is 0 Å². The zero-order valence-corrected chi connectivity index (χ0v) is 10.9. The Morgan fingerprint density at radius 3 is 2.95 bits per heavy atom. The molecule has 8 heteroatoms. The van der Waals surface area contributed by atoms with E-state index < -0.39 is 24.5 Å². The number of anilines is 1. The van der Waals surface area contributed by atoms with E-state index in [1.165, 1.54) is 13.4 Å². The number of aromatic nitrogens is 3. The fourth-order valence-corrected chi connectivity index (χ4v) is 2.53. The molecule has 0 amide bonds. The van der Waals surface area contributed by atoms with Crippen LogP contribution in [0.25, 0.3) is 11.2 Å². The van der Waals surface area contributed by atoms with E-state index in [0.29, 0.717) is 16.9 Å². The van der Waals surface area contributed by atoms with Crippen molar-refractivity contribution < 1.29 is 19.7 Å². The average Bonchev–Trinajstić information content (AvgIpc) is 3.00. The highest BCUT2D eigenvalue weighted by Crippen LogP contribution is 2.33. The second-order valence-corrected chi connectivity index (χ2v) is 4.66. The third-order valence-corrected chi connectivity index (χ3v) is 3.53. The molecule has 0 aliphatic carbocycles. The van der Waals surface area contributed by atoms with Gasteiger partial charge in [-0.25, -0.2) is 9.97 Å². The number of rotatable bonds is 3. The van der Waals surface area contributed by atoms with Crippen LogP contribution in [-0.4, -0.2) is 56.8 Å². The van der Waals surface area contributed by atoms with Crippen LogP contribution in [0.4, 0.5) is 5.69 Å². The molecule has 2 aromatic rings. The Balaban J connectivity index is 2.01. The molecule has 1 saturated heterocycles. The van der Waals surface area contributed by atoms with Crippen LogP contribution in [-0.2, 0) is 9.47 Å². The van der Waals surface area contributed by atoms with Crippen molar-refractivity contribution in [2.45, 2.75) is 24.5 Å². The molecule has 20 heavy (non-hydrogen) atoms. The minimum Gasteiger partial charge on any atom is -0.397 e. The number of nitrogens with two attached hydrogens (primary N) is 1. The van der Waals surface area contributed by atoms with Crippen LogP contribution in [0.5, 0.6) is 0 Å². The quantitative estimate of drug-likeness (QED) is 0.679. The maximum absolute atomic E-state index is 10.3. The molecular weight excluding hydrogens is 264 g/mol. The summed E-state index contributed by atoms with van der Waals surface area (Å²) in [6, 6.07) is 1.65. The van der Waals surface area contributed by atoms with Crippen molar-refractivity contribution in [2.24, 2.45) is 0 Å². The van der Waals surface area contributed by atoms with Crippen molar-refractivity contribution in [2.75, 3.05) is 19.5 Å². The van der Waals surface area contributed by atoms with Gasteiger partial charge < -0.3 is 25.4 Å². The molecule has 3 rings (SSSR count). The highest BCUT2D eigenvalue weighted by molar-refractivity contribution is 5.83. The number of fused-ring (bicyclic) bond motifs is 1. The van der Waals surface area contributed by atoms with Gasteiger partial charge in [0.2, 0.25) is 0 Å². The van der Waals surface area contributed by atoms with Crippen LogP contribution >= 0.6 is 0 Å². The van der Waals surface area contributed by atoms with Crippen molar-refractivity contribution in [1.29, 1.82) is 0 Å². The molecule has 8 nitrogen and oxygen atoms in total. The fourth-order valence-electron chi connectivity index (χ4n) is 2.53. The molecule has 2 aromatic heterocycles. The molecule has 0 unspecified atom stereocenters. The molecule has 108 valence electrons. The second kappa shape index (κ2) is 4.98. The van der Waals surface area contributed by atoms with E-state index in [9.17, 15) is 10.2 Å². The molecule has 1 aliphatic rings.